The van der Waals surface area contributed by atoms with Crippen LogP contribution in [0.15, 0.2) is 43.2 Å². The molecule has 0 atom stereocenters. The Morgan fingerprint density at radius 1 is 1.00 bits per heavy atom. The van der Waals surface area contributed by atoms with E-state index in [1.807, 2.05) is 0 Å². The summed E-state index contributed by atoms with van der Waals surface area (Å²) >= 11 is 0. The number of nitrogens with one attached hydrogen (secondary N) is 2. The van der Waals surface area contributed by atoms with Crippen molar-refractivity contribution < 1.29 is 26.6 Å². The molecule has 2 aromatic heterocycles. The number of hydrogen-bond acceptors (Lipinski definition) is 10. The number of anilines is 2. The van der Waals surface area contributed by atoms with Crippen LogP contribution in [0.4, 0.5) is 28.9 Å². The van der Waals surface area contributed by atoms with Gasteiger partial charge >= 0.3 is 12.1 Å². The van der Waals surface area contributed by atoms with Gasteiger partial charge in [-0.15, -0.1) is 0 Å². The molecule has 2 aromatic carbocycles. The van der Waals surface area contributed by atoms with Crippen LogP contribution in [0.1, 0.15) is 17.3 Å². The zero-order valence-electron chi connectivity index (χ0n) is 15.2. The summed E-state index contributed by atoms with van der Waals surface area (Å²) in [7, 11) is 0. The molecule has 0 aliphatic heterocycles. The molecular weight excluding hydrogens is 428 g/mol. The van der Waals surface area contributed by atoms with Gasteiger partial charge in [-0.1, -0.05) is 16.4 Å². The minimum absolute atomic E-state index is 0.00552. The topological polar surface area (TPSA) is 136 Å². The van der Waals surface area contributed by atoms with Crippen molar-refractivity contribution in [1.82, 2.24) is 20.3 Å². The monoisotopic (exact) mass is 438 g/mol. The Kier molecular flexibility index (Phi) is 4.96. The van der Waals surface area contributed by atoms with Crippen LogP contribution in [0.5, 0.6) is 0 Å². The average Bonchev–Trinajstić information content (AvgIpc) is 3.41. The van der Waals surface area contributed by atoms with Crippen molar-refractivity contribution in [3.63, 3.8) is 0 Å². The highest BCUT2D eigenvalue weighted by Crippen LogP contribution is 2.30. The van der Waals surface area contributed by atoms with Crippen LogP contribution >= 0.6 is 0 Å². The van der Waals surface area contributed by atoms with E-state index in [-0.39, 0.29) is 35.9 Å². The Morgan fingerprint density at radius 2 is 1.71 bits per heavy atom. The second-order valence-corrected chi connectivity index (χ2v) is 6.20. The molecule has 0 unspecified atom stereocenters. The van der Waals surface area contributed by atoms with E-state index in [9.17, 15) is 27.2 Å². The molecule has 0 saturated heterocycles. The summed E-state index contributed by atoms with van der Waals surface area (Å²) in [6.07, 6.45) is -3.74. The molecule has 0 spiro atoms. The highest BCUT2D eigenvalue weighted by atomic mass is 19.4. The van der Waals surface area contributed by atoms with Crippen LogP contribution < -0.4 is 21.5 Å². The van der Waals surface area contributed by atoms with Crippen LogP contribution in [0.25, 0.3) is 11.4 Å². The number of aromatic nitrogens is 4. The molecule has 4 aromatic rings. The second kappa shape index (κ2) is 7.62. The van der Waals surface area contributed by atoms with Gasteiger partial charge in [-0.3, -0.25) is 9.59 Å². The van der Waals surface area contributed by atoms with Gasteiger partial charge in [-0.05, 0) is 17.7 Å². The molecule has 2 N–H and O–H groups in total. The summed E-state index contributed by atoms with van der Waals surface area (Å²) < 4.78 is 60.7. The van der Waals surface area contributed by atoms with Gasteiger partial charge in [-0.2, -0.15) is 23.1 Å². The molecule has 0 fully saturated rings. The summed E-state index contributed by atoms with van der Waals surface area (Å²) in [6.45, 7) is 0.00294. The van der Waals surface area contributed by atoms with E-state index in [0.717, 1.165) is 12.5 Å². The molecule has 160 valence electrons. The Labute approximate surface area is 168 Å². The van der Waals surface area contributed by atoms with Gasteiger partial charge < -0.3 is 19.7 Å². The van der Waals surface area contributed by atoms with Crippen molar-refractivity contribution in [2.45, 2.75) is 19.3 Å². The molecule has 14 heteroatoms. The Hall–Kier alpha value is -4.10. The third kappa shape index (κ3) is 3.99. The van der Waals surface area contributed by atoms with E-state index < -0.39 is 34.6 Å². The summed E-state index contributed by atoms with van der Waals surface area (Å²) in [6, 6.07) is 3.60. The Morgan fingerprint density at radius 3 is 2.29 bits per heavy atom. The maximum atomic E-state index is 14.4. The average molecular weight is 438 g/mol. The number of alkyl halides is 3. The first-order chi connectivity index (χ1) is 14.7. The maximum absolute atomic E-state index is 14.4. The van der Waals surface area contributed by atoms with Crippen molar-refractivity contribution >= 4 is 11.4 Å². The standard InChI is InChI=1S/C17H10F4N6O4/c18-9-3-7(1-2-8(9)15-25-16(31-27-15)17(19,20)21)4-22-11-12(14(29)13(11)28)23-5-10-24-6-30-26-10/h1-3,6,22-23H,4-5H2. The highest BCUT2D eigenvalue weighted by molar-refractivity contribution is 5.74. The predicted molar refractivity (Wildman–Crippen MR) is 95.0 cm³/mol. The quantitative estimate of drug-likeness (QED) is 0.326. The molecule has 0 aliphatic carbocycles. The molecule has 0 radical (unpaired) electrons. The summed E-state index contributed by atoms with van der Waals surface area (Å²) in [5, 5.41) is 12.1. The van der Waals surface area contributed by atoms with Crippen LogP contribution in [-0.4, -0.2) is 20.3 Å². The number of benzene rings is 1. The summed E-state index contributed by atoms with van der Waals surface area (Å²) in [5.41, 5.74) is -1.40. The van der Waals surface area contributed by atoms with Crippen LogP contribution in [0.3, 0.4) is 0 Å². The molecule has 0 bridgehead atoms. The fraction of sp³-hybridized carbons (Fsp3) is 0.176. The van der Waals surface area contributed by atoms with Crippen molar-refractivity contribution in [1.29, 1.82) is 0 Å². The minimum Gasteiger partial charge on any atom is -0.376 e. The highest BCUT2D eigenvalue weighted by Gasteiger charge is 2.38. The maximum Gasteiger partial charge on any atom is 0.471 e. The molecule has 0 aliphatic rings. The van der Waals surface area contributed by atoms with Crippen molar-refractivity contribution in [2.24, 2.45) is 0 Å². The van der Waals surface area contributed by atoms with E-state index in [1.54, 1.807) is 0 Å². The zero-order valence-corrected chi connectivity index (χ0v) is 15.2. The van der Waals surface area contributed by atoms with Gasteiger partial charge in [0.1, 0.15) is 17.2 Å². The second-order valence-electron chi connectivity index (χ2n) is 6.20. The summed E-state index contributed by atoms with van der Waals surface area (Å²) in [4.78, 5) is 30.4. The van der Waals surface area contributed by atoms with E-state index in [1.165, 1.54) is 12.1 Å². The van der Waals surface area contributed by atoms with E-state index in [0.29, 0.717) is 5.56 Å². The van der Waals surface area contributed by atoms with Gasteiger partial charge in [0, 0.05) is 6.54 Å². The number of halogens is 4. The van der Waals surface area contributed by atoms with Crippen molar-refractivity contribution in [2.75, 3.05) is 10.6 Å². The van der Waals surface area contributed by atoms with Crippen molar-refractivity contribution in [3.8, 4) is 11.4 Å². The van der Waals surface area contributed by atoms with Crippen LogP contribution in [-0.2, 0) is 19.3 Å². The third-order valence-corrected chi connectivity index (χ3v) is 4.15. The molecule has 10 nitrogen and oxygen atoms in total. The van der Waals surface area contributed by atoms with Gasteiger partial charge in [-0.25, -0.2) is 4.39 Å². The lowest BCUT2D eigenvalue weighted by molar-refractivity contribution is -0.159. The molecule has 0 saturated carbocycles. The molecule has 0 amide bonds. The molecular formula is C17H10F4N6O4. The van der Waals surface area contributed by atoms with Crippen molar-refractivity contribution in [3.05, 3.63) is 68.1 Å². The van der Waals surface area contributed by atoms with Crippen LogP contribution in [0.2, 0.25) is 0 Å². The Balaban J connectivity index is 1.45. The molecule has 2 heterocycles. The van der Waals surface area contributed by atoms with Gasteiger partial charge in [0.2, 0.25) is 12.2 Å². The number of rotatable bonds is 7. The number of hydrogen-bond donors (Lipinski definition) is 2. The largest absolute Gasteiger partial charge is 0.471 e. The van der Waals surface area contributed by atoms with Gasteiger partial charge in [0.05, 0.1) is 12.1 Å². The normalized spacial score (nSPS) is 11.7. The first kappa shape index (κ1) is 20.2. The molecule has 4 rings (SSSR count). The lowest BCUT2D eigenvalue weighted by atomic mass is 10.1. The fourth-order valence-corrected chi connectivity index (χ4v) is 2.66. The molecule has 31 heavy (non-hydrogen) atoms. The van der Waals surface area contributed by atoms with E-state index in [4.69, 9.17) is 0 Å². The SMILES string of the molecule is O=c1c(NCc2ccc(-c3noc(C(F)(F)F)n3)c(F)c2)c(NCc2ncon2)c1=O. The minimum atomic E-state index is -4.85. The van der Waals surface area contributed by atoms with E-state index >= 15 is 0 Å². The number of nitrogens with zero attached hydrogens (tertiary/aromatic N) is 4. The van der Waals surface area contributed by atoms with Gasteiger partial charge in [0.15, 0.2) is 5.82 Å². The third-order valence-electron chi connectivity index (χ3n) is 4.15. The zero-order chi connectivity index (χ0) is 22.2. The smallest absolute Gasteiger partial charge is 0.376 e. The first-order valence-corrected chi connectivity index (χ1v) is 8.50. The summed E-state index contributed by atoms with van der Waals surface area (Å²) in [5.74, 6) is -2.77. The Bertz CT molecular complexity index is 1290. The fourth-order valence-electron chi connectivity index (χ4n) is 2.66. The lowest BCUT2D eigenvalue weighted by Crippen LogP contribution is -2.37. The van der Waals surface area contributed by atoms with Crippen LogP contribution in [0, 0.1) is 5.82 Å². The van der Waals surface area contributed by atoms with Gasteiger partial charge in [0.25, 0.3) is 10.9 Å². The first-order valence-electron chi connectivity index (χ1n) is 8.50. The predicted octanol–water partition coefficient (Wildman–Crippen LogP) is 2.10. The van der Waals surface area contributed by atoms with E-state index in [2.05, 4.69) is 40.0 Å². The lowest BCUT2D eigenvalue weighted by Gasteiger charge is -2.14.